The number of halogens is 1. The quantitative estimate of drug-likeness (QED) is 0.393. The molecule has 2 rings (SSSR count). The van der Waals surface area contributed by atoms with Crippen LogP contribution in [0.3, 0.4) is 0 Å². The molecule has 0 unspecified atom stereocenters. The van der Waals surface area contributed by atoms with Gasteiger partial charge in [-0.1, -0.05) is 12.1 Å². The third-order valence-corrected chi connectivity index (χ3v) is 4.26. The third-order valence-electron chi connectivity index (χ3n) is 4.26. The molecule has 1 aliphatic rings. The number of rotatable bonds is 7. The minimum absolute atomic E-state index is 0. The standard InChI is InChI=1S/C17H30N4O2.HI/c1-4-15-12-16(23-20-15)13-19-17(18-5-2)21(3)9-6-14-7-10-22-11-8-14;/h12,14H,4-11,13H2,1-3H3,(H,18,19);1H. The van der Waals surface area contributed by atoms with Gasteiger partial charge in [0.05, 0.1) is 5.69 Å². The topological polar surface area (TPSA) is 62.9 Å². The number of guanidine groups is 1. The van der Waals surface area contributed by atoms with Gasteiger partial charge in [0.1, 0.15) is 6.54 Å². The van der Waals surface area contributed by atoms with Crippen LogP contribution in [-0.4, -0.2) is 49.4 Å². The van der Waals surface area contributed by atoms with Crippen LogP contribution in [0.2, 0.25) is 0 Å². The molecule has 0 aromatic carbocycles. The molecular weight excluding hydrogens is 419 g/mol. The second-order valence-electron chi connectivity index (χ2n) is 6.07. The van der Waals surface area contributed by atoms with Gasteiger partial charge < -0.3 is 19.5 Å². The maximum Gasteiger partial charge on any atom is 0.194 e. The fourth-order valence-electron chi connectivity index (χ4n) is 2.74. The zero-order valence-electron chi connectivity index (χ0n) is 15.1. The van der Waals surface area contributed by atoms with E-state index in [0.717, 1.165) is 56.1 Å². The molecule has 0 spiro atoms. The first-order chi connectivity index (χ1) is 11.2. The van der Waals surface area contributed by atoms with Gasteiger partial charge in [0, 0.05) is 39.4 Å². The first kappa shape index (κ1) is 21.2. The molecule has 0 radical (unpaired) electrons. The van der Waals surface area contributed by atoms with Crippen molar-refractivity contribution in [2.75, 3.05) is 33.4 Å². The van der Waals surface area contributed by atoms with E-state index >= 15 is 0 Å². The molecule has 1 aromatic rings. The number of nitrogens with one attached hydrogen (secondary N) is 1. The van der Waals surface area contributed by atoms with Gasteiger partial charge in [0.15, 0.2) is 11.7 Å². The Morgan fingerprint density at radius 3 is 2.75 bits per heavy atom. The fourth-order valence-corrected chi connectivity index (χ4v) is 2.74. The first-order valence-electron chi connectivity index (χ1n) is 8.74. The molecule has 138 valence electrons. The molecule has 0 aliphatic carbocycles. The van der Waals surface area contributed by atoms with Crippen LogP contribution in [0.4, 0.5) is 0 Å². The molecule has 2 heterocycles. The van der Waals surface area contributed by atoms with Crippen molar-refractivity contribution in [3.63, 3.8) is 0 Å². The van der Waals surface area contributed by atoms with Gasteiger partial charge in [0.2, 0.25) is 0 Å². The normalized spacial score (nSPS) is 15.9. The zero-order chi connectivity index (χ0) is 16.5. The minimum Gasteiger partial charge on any atom is -0.381 e. The van der Waals surface area contributed by atoms with Gasteiger partial charge in [0.25, 0.3) is 0 Å². The third kappa shape index (κ3) is 6.96. The van der Waals surface area contributed by atoms with E-state index < -0.39 is 0 Å². The van der Waals surface area contributed by atoms with Crippen molar-refractivity contribution in [2.24, 2.45) is 10.9 Å². The molecule has 1 fully saturated rings. The lowest BCUT2D eigenvalue weighted by Crippen LogP contribution is -2.40. The number of ether oxygens (including phenoxy) is 1. The summed E-state index contributed by atoms with van der Waals surface area (Å²) >= 11 is 0. The highest BCUT2D eigenvalue weighted by molar-refractivity contribution is 14.0. The molecule has 0 bridgehead atoms. The summed E-state index contributed by atoms with van der Waals surface area (Å²) < 4.78 is 10.7. The van der Waals surface area contributed by atoms with Crippen LogP contribution in [0.25, 0.3) is 0 Å². The van der Waals surface area contributed by atoms with Crippen molar-refractivity contribution < 1.29 is 9.26 Å². The van der Waals surface area contributed by atoms with Gasteiger partial charge in [-0.3, -0.25) is 0 Å². The van der Waals surface area contributed by atoms with Crippen molar-refractivity contribution in [2.45, 2.75) is 46.1 Å². The lowest BCUT2D eigenvalue weighted by molar-refractivity contribution is 0.0625. The maximum absolute atomic E-state index is 5.43. The number of aliphatic imine (C=N–C) groups is 1. The summed E-state index contributed by atoms with van der Waals surface area (Å²) in [5.41, 5.74) is 0.980. The minimum atomic E-state index is 0. The number of hydrogen-bond acceptors (Lipinski definition) is 4. The van der Waals surface area contributed by atoms with Gasteiger partial charge >= 0.3 is 0 Å². The summed E-state index contributed by atoms with van der Waals surface area (Å²) in [6.07, 6.45) is 4.43. The van der Waals surface area contributed by atoms with E-state index in [4.69, 9.17) is 9.26 Å². The number of nitrogens with zero attached hydrogens (tertiary/aromatic N) is 3. The fraction of sp³-hybridized carbons (Fsp3) is 0.765. The molecule has 6 nitrogen and oxygen atoms in total. The van der Waals surface area contributed by atoms with E-state index in [9.17, 15) is 0 Å². The van der Waals surface area contributed by atoms with Crippen molar-refractivity contribution in [3.8, 4) is 0 Å². The summed E-state index contributed by atoms with van der Waals surface area (Å²) in [4.78, 5) is 6.87. The van der Waals surface area contributed by atoms with Crippen LogP contribution in [0.5, 0.6) is 0 Å². The Balaban J connectivity index is 0.00000288. The van der Waals surface area contributed by atoms with E-state index in [1.807, 2.05) is 6.07 Å². The SMILES string of the molecule is CCNC(=NCc1cc(CC)no1)N(C)CCC1CCOCC1.I. The molecule has 0 saturated carbocycles. The Labute approximate surface area is 162 Å². The van der Waals surface area contributed by atoms with Crippen molar-refractivity contribution >= 4 is 29.9 Å². The monoisotopic (exact) mass is 450 g/mol. The van der Waals surface area contributed by atoms with Gasteiger partial charge in [-0.15, -0.1) is 24.0 Å². The Kier molecular flexibility index (Phi) is 10.3. The molecule has 1 N–H and O–H groups in total. The predicted octanol–water partition coefficient (Wildman–Crippen LogP) is 3.07. The van der Waals surface area contributed by atoms with E-state index in [1.54, 1.807) is 0 Å². The molecule has 1 aliphatic heterocycles. The highest BCUT2D eigenvalue weighted by Gasteiger charge is 2.15. The lowest BCUT2D eigenvalue weighted by Gasteiger charge is -2.26. The Hall–Kier alpha value is -0.830. The van der Waals surface area contributed by atoms with Crippen molar-refractivity contribution in [1.29, 1.82) is 0 Å². The number of hydrogen-bond donors (Lipinski definition) is 1. The highest BCUT2D eigenvalue weighted by atomic mass is 127. The zero-order valence-corrected chi connectivity index (χ0v) is 17.4. The maximum atomic E-state index is 5.43. The summed E-state index contributed by atoms with van der Waals surface area (Å²) in [5.74, 6) is 2.51. The van der Waals surface area contributed by atoms with Crippen LogP contribution in [0.1, 0.15) is 44.6 Å². The average Bonchev–Trinajstić information content (AvgIpc) is 3.05. The predicted molar refractivity (Wildman–Crippen MR) is 107 cm³/mol. The number of aryl methyl sites for hydroxylation is 1. The van der Waals surface area contributed by atoms with Crippen LogP contribution < -0.4 is 5.32 Å². The Morgan fingerprint density at radius 1 is 1.38 bits per heavy atom. The second-order valence-corrected chi connectivity index (χ2v) is 6.07. The van der Waals surface area contributed by atoms with E-state index in [1.165, 1.54) is 19.3 Å². The molecular formula is C17H31IN4O2. The first-order valence-corrected chi connectivity index (χ1v) is 8.74. The Bertz CT molecular complexity index is 487. The molecule has 0 atom stereocenters. The lowest BCUT2D eigenvalue weighted by atomic mass is 9.96. The van der Waals surface area contributed by atoms with Gasteiger partial charge in [-0.2, -0.15) is 0 Å². The Morgan fingerprint density at radius 2 is 2.12 bits per heavy atom. The van der Waals surface area contributed by atoms with E-state index in [2.05, 4.69) is 41.3 Å². The molecule has 1 saturated heterocycles. The summed E-state index contributed by atoms with van der Waals surface area (Å²) in [6, 6.07) is 1.98. The van der Waals surface area contributed by atoms with Crippen LogP contribution >= 0.6 is 24.0 Å². The van der Waals surface area contributed by atoms with E-state index in [-0.39, 0.29) is 24.0 Å². The smallest absolute Gasteiger partial charge is 0.194 e. The average molecular weight is 450 g/mol. The van der Waals surface area contributed by atoms with Crippen molar-refractivity contribution in [3.05, 3.63) is 17.5 Å². The van der Waals surface area contributed by atoms with E-state index in [0.29, 0.717) is 6.54 Å². The molecule has 0 amide bonds. The van der Waals surface area contributed by atoms with Gasteiger partial charge in [-0.05, 0) is 38.5 Å². The van der Waals surface area contributed by atoms with Gasteiger partial charge in [-0.25, -0.2) is 4.99 Å². The largest absolute Gasteiger partial charge is 0.381 e. The van der Waals surface area contributed by atoms with Crippen molar-refractivity contribution in [1.82, 2.24) is 15.4 Å². The summed E-state index contributed by atoms with van der Waals surface area (Å²) in [6.45, 7) is 8.37. The summed E-state index contributed by atoms with van der Waals surface area (Å²) in [5, 5.41) is 7.36. The molecule has 1 aromatic heterocycles. The second kappa shape index (κ2) is 11.7. The molecule has 7 heteroatoms. The molecule has 24 heavy (non-hydrogen) atoms. The van der Waals surface area contributed by atoms with Crippen LogP contribution in [0.15, 0.2) is 15.6 Å². The summed E-state index contributed by atoms with van der Waals surface area (Å²) in [7, 11) is 2.10. The highest BCUT2D eigenvalue weighted by Crippen LogP contribution is 2.18. The van der Waals surface area contributed by atoms with Crippen LogP contribution in [-0.2, 0) is 17.7 Å². The van der Waals surface area contributed by atoms with Crippen LogP contribution in [0, 0.1) is 5.92 Å². The number of aromatic nitrogens is 1.